The monoisotopic (exact) mass is 390 g/mol. The molecule has 2 aromatic rings. The Balaban J connectivity index is 1.90. The van der Waals surface area contributed by atoms with E-state index in [1.165, 1.54) is 6.92 Å². The summed E-state index contributed by atoms with van der Waals surface area (Å²) in [6.45, 7) is 5.64. The van der Waals surface area contributed by atoms with Gasteiger partial charge in [0.2, 0.25) is 6.79 Å². The molecule has 1 aromatic carbocycles. The molecule has 1 N–H and O–H groups in total. The number of hydrogen-bond donors (Lipinski definition) is 1. The van der Waals surface area contributed by atoms with E-state index in [0.29, 0.717) is 12.2 Å². The summed E-state index contributed by atoms with van der Waals surface area (Å²) >= 11 is 0. The first kappa shape index (κ1) is 21.8. The molecular formula is C21H30N2O5. The summed E-state index contributed by atoms with van der Waals surface area (Å²) < 4.78 is 16.1. The number of rotatable bonds is 10. The quantitative estimate of drug-likeness (QED) is 0.495. The van der Waals surface area contributed by atoms with Gasteiger partial charge in [-0.3, -0.25) is 9.59 Å². The Morgan fingerprint density at radius 2 is 1.96 bits per heavy atom. The number of ether oxygens (including phenoxy) is 3. The highest BCUT2D eigenvalue weighted by molar-refractivity contribution is 5.89. The molecule has 0 atom stereocenters. The summed E-state index contributed by atoms with van der Waals surface area (Å²) in [5.74, 6) is -0.0822. The van der Waals surface area contributed by atoms with Crippen LogP contribution in [-0.2, 0) is 25.5 Å². The smallest absolute Gasteiger partial charge is 0.308 e. The second-order valence-electron chi connectivity index (χ2n) is 7.68. The molecule has 0 aliphatic heterocycles. The molecule has 0 saturated carbocycles. The van der Waals surface area contributed by atoms with Gasteiger partial charge < -0.3 is 24.1 Å². The molecule has 0 saturated heterocycles. The summed E-state index contributed by atoms with van der Waals surface area (Å²) in [7, 11) is 4.07. The number of hydrogen-bond acceptors (Lipinski definition) is 6. The van der Waals surface area contributed by atoms with Crippen molar-refractivity contribution in [2.24, 2.45) is 0 Å². The van der Waals surface area contributed by atoms with E-state index in [2.05, 4.69) is 9.88 Å². The van der Waals surface area contributed by atoms with Crippen molar-refractivity contribution in [3.63, 3.8) is 0 Å². The van der Waals surface area contributed by atoms with E-state index in [1.807, 2.05) is 38.5 Å². The Kier molecular flexibility index (Phi) is 7.45. The molecule has 1 heterocycles. The summed E-state index contributed by atoms with van der Waals surface area (Å²) in [6.07, 6.45) is 3.40. The van der Waals surface area contributed by atoms with Crippen LogP contribution in [0, 0.1) is 0 Å². The van der Waals surface area contributed by atoms with Crippen molar-refractivity contribution in [1.29, 1.82) is 0 Å². The number of benzene rings is 1. The fourth-order valence-electron chi connectivity index (χ4n) is 2.96. The number of aromatic nitrogens is 1. The molecular weight excluding hydrogens is 360 g/mol. The first-order valence-corrected chi connectivity index (χ1v) is 9.39. The second-order valence-corrected chi connectivity index (χ2v) is 7.68. The maximum absolute atomic E-state index is 12.0. The van der Waals surface area contributed by atoms with Gasteiger partial charge in [-0.2, -0.15) is 0 Å². The lowest BCUT2D eigenvalue weighted by atomic mass is 10.0. The van der Waals surface area contributed by atoms with Crippen molar-refractivity contribution < 1.29 is 23.8 Å². The van der Waals surface area contributed by atoms with Crippen LogP contribution in [0.2, 0.25) is 0 Å². The average molecular weight is 390 g/mol. The number of carbonyl (C=O) groups excluding carboxylic acids is 2. The third kappa shape index (κ3) is 6.56. The van der Waals surface area contributed by atoms with Gasteiger partial charge in [0.15, 0.2) is 0 Å². The Morgan fingerprint density at radius 3 is 2.64 bits per heavy atom. The van der Waals surface area contributed by atoms with Crippen molar-refractivity contribution >= 4 is 22.8 Å². The van der Waals surface area contributed by atoms with Crippen LogP contribution < -0.4 is 4.74 Å². The van der Waals surface area contributed by atoms with Gasteiger partial charge in [-0.1, -0.05) is 6.07 Å². The lowest BCUT2D eigenvalue weighted by molar-refractivity contribution is -0.159. The molecule has 28 heavy (non-hydrogen) atoms. The van der Waals surface area contributed by atoms with E-state index in [0.717, 1.165) is 29.4 Å². The third-order valence-corrected chi connectivity index (χ3v) is 4.36. The standard InChI is InChI=1S/C21H30N2O5/c1-15(24)28-21(2,3)11-9-19(25)27-14-26-18-8-6-7-17-20(18)16(13-22-17)10-12-23(4)5/h6-8,13,22H,9-12,14H2,1-5H3. The number of esters is 2. The number of likely N-dealkylation sites (N-methyl/N-ethyl adjacent to an activating group) is 1. The van der Waals surface area contributed by atoms with Gasteiger partial charge >= 0.3 is 11.9 Å². The zero-order chi connectivity index (χ0) is 20.7. The summed E-state index contributed by atoms with van der Waals surface area (Å²) in [4.78, 5) is 28.4. The molecule has 0 amide bonds. The minimum Gasteiger partial charge on any atom is -0.460 e. The van der Waals surface area contributed by atoms with Crippen LogP contribution in [0.15, 0.2) is 24.4 Å². The minimum absolute atomic E-state index is 0.145. The molecule has 2 rings (SSSR count). The molecule has 0 bridgehead atoms. The Bertz CT molecular complexity index is 810. The zero-order valence-corrected chi connectivity index (χ0v) is 17.3. The maximum Gasteiger partial charge on any atom is 0.308 e. The SMILES string of the molecule is CC(=O)OC(C)(C)CCC(=O)OCOc1cccc2[nH]cc(CCN(C)C)c12. The normalized spacial score (nSPS) is 11.6. The second kappa shape index (κ2) is 9.59. The van der Waals surface area contributed by atoms with Crippen molar-refractivity contribution in [1.82, 2.24) is 9.88 Å². The highest BCUT2D eigenvalue weighted by Crippen LogP contribution is 2.29. The van der Waals surface area contributed by atoms with Crippen LogP contribution in [0.1, 0.15) is 39.2 Å². The fourth-order valence-corrected chi connectivity index (χ4v) is 2.96. The first-order valence-electron chi connectivity index (χ1n) is 9.39. The molecule has 0 unspecified atom stereocenters. The van der Waals surface area contributed by atoms with Gasteiger partial charge in [-0.15, -0.1) is 0 Å². The number of aromatic amines is 1. The van der Waals surface area contributed by atoms with E-state index >= 15 is 0 Å². The lowest BCUT2D eigenvalue weighted by Gasteiger charge is -2.23. The minimum atomic E-state index is -0.705. The van der Waals surface area contributed by atoms with Gasteiger partial charge in [-0.05, 0) is 58.5 Å². The van der Waals surface area contributed by atoms with Crippen molar-refractivity contribution in [2.75, 3.05) is 27.4 Å². The fraction of sp³-hybridized carbons (Fsp3) is 0.524. The average Bonchev–Trinajstić information content (AvgIpc) is 3.01. The predicted octanol–water partition coefficient (Wildman–Crippen LogP) is 3.27. The van der Waals surface area contributed by atoms with Crippen LogP contribution in [0.3, 0.4) is 0 Å². The highest BCUT2D eigenvalue weighted by Gasteiger charge is 2.22. The number of nitrogens with one attached hydrogen (secondary N) is 1. The molecule has 0 spiro atoms. The number of H-pyrrole nitrogens is 1. The van der Waals surface area contributed by atoms with Crippen LogP contribution in [0.4, 0.5) is 0 Å². The Hall–Kier alpha value is -2.54. The summed E-state index contributed by atoms with van der Waals surface area (Å²) in [5, 5.41) is 1.01. The van der Waals surface area contributed by atoms with Crippen molar-refractivity contribution in [3.05, 3.63) is 30.0 Å². The van der Waals surface area contributed by atoms with Gasteiger partial charge in [0.1, 0.15) is 11.4 Å². The van der Waals surface area contributed by atoms with Gasteiger partial charge in [-0.25, -0.2) is 0 Å². The molecule has 154 valence electrons. The summed E-state index contributed by atoms with van der Waals surface area (Å²) in [5.41, 5.74) is 1.44. The Morgan fingerprint density at radius 1 is 1.21 bits per heavy atom. The third-order valence-electron chi connectivity index (χ3n) is 4.36. The summed E-state index contributed by atoms with van der Waals surface area (Å²) in [6, 6.07) is 5.75. The topological polar surface area (TPSA) is 80.9 Å². The van der Waals surface area contributed by atoms with Gasteiger partial charge in [0, 0.05) is 37.0 Å². The van der Waals surface area contributed by atoms with E-state index in [1.54, 1.807) is 13.8 Å². The first-order chi connectivity index (χ1) is 13.2. The maximum atomic E-state index is 12.0. The molecule has 1 aromatic heterocycles. The molecule has 0 aliphatic rings. The van der Waals surface area contributed by atoms with E-state index in [4.69, 9.17) is 14.2 Å². The number of fused-ring (bicyclic) bond motifs is 1. The van der Waals surface area contributed by atoms with E-state index in [-0.39, 0.29) is 19.2 Å². The lowest BCUT2D eigenvalue weighted by Crippen LogP contribution is -2.28. The largest absolute Gasteiger partial charge is 0.460 e. The highest BCUT2D eigenvalue weighted by atomic mass is 16.7. The van der Waals surface area contributed by atoms with Crippen LogP contribution >= 0.6 is 0 Å². The van der Waals surface area contributed by atoms with Gasteiger partial charge in [0.05, 0.1) is 0 Å². The molecule has 0 radical (unpaired) electrons. The molecule has 0 fully saturated rings. The predicted molar refractivity (Wildman–Crippen MR) is 107 cm³/mol. The van der Waals surface area contributed by atoms with E-state index < -0.39 is 11.6 Å². The van der Waals surface area contributed by atoms with Crippen molar-refractivity contribution in [3.8, 4) is 5.75 Å². The Labute approximate surface area is 165 Å². The molecule has 7 nitrogen and oxygen atoms in total. The van der Waals surface area contributed by atoms with Crippen LogP contribution in [0.25, 0.3) is 10.9 Å². The molecule has 7 heteroatoms. The zero-order valence-electron chi connectivity index (χ0n) is 17.3. The van der Waals surface area contributed by atoms with Crippen LogP contribution in [0.5, 0.6) is 5.75 Å². The van der Waals surface area contributed by atoms with Gasteiger partial charge in [0.25, 0.3) is 0 Å². The van der Waals surface area contributed by atoms with Crippen molar-refractivity contribution in [2.45, 2.75) is 45.6 Å². The number of nitrogens with zero attached hydrogens (tertiary/aromatic N) is 1. The number of carbonyl (C=O) groups is 2. The van der Waals surface area contributed by atoms with E-state index in [9.17, 15) is 9.59 Å². The van der Waals surface area contributed by atoms with Crippen LogP contribution in [-0.4, -0.2) is 54.9 Å². The molecule has 0 aliphatic carbocycles.